The molecule has 0 aromatic heterocycles. The molecule has 0 aromatic carbocycles. The van der Waals surface area contributed by atoms with Crippen LogP contribution in [-0.4, -0.2) is 29.3 Å². The van der Waals surface area contributed by atoms with Crippen LogP contribution in [0.15, 0.2) is 0 Å². The molecule has 1 heterocycles. The van der Waals surface area contributed by atoms with Crippen molar-refractivity contribution in [2.24, 2.45) is 5.41 Å². The molecule has 4 heteroatoms. The minimum Gasteiger partial charge on any atom is -0.303 e. The zero-order valence-corrected chi connectivity index (χ0v) is 9.96. The molecule has 1 fully saturated rings. The molecule has 1 N–H and O–H groups in total. The molecule has 4 nitrogen and oxygen atoms in total. The second-order valence-electron chi connectivity index (χ2n) is 5.37. The summed E-state index contributed by atoms with van der Waals surface area (Å²) in [4.78, 5) is 22.0. The topological polar surface area (TPSA) is 49.4 Å². The van der Waals surface area contributed by atoms with E-state index in [-0.39, 0.29) is 16.9 Å². The molecule has 1 aliphatic heterocycles. The van der Waals surface area contributed by atoms with E-state index in [0.717, 1.165) is 6.29 Å². The highest BCUT2D eigenvalue weighted by Crippen LogP contribution is 2.36. The fraction of sp³-hybridized carbons (Fsp3) is 0.818. The van der Waals surface area contributed by atoms with Crippen LogP contribution in [0, 0.1) is 5.41 Å². The molecule has 1 aliphatic rings. The van der Waals surface area contributed by atoms with Crippen molar-refractivity contribution in [2.45, 2.75) is 46.1 Å². The summed E-state index contributed by atoms with van der Waals surface area (Å²) in [7, 11) is 0. The van der Waals surface area contributed by atoms with Crippen molar-refractivity contribution in [3.05, 3.63) is 0 Å². The van der Waals surface area contributed by atoms with Crippen LogP contribution in [-0.2, 0) is 9.59 Å². The van der Waals surface area contributed by atoms with Crippen molar-refractivity contribution < 1.29 is 9.59 Å². The van der Waals surface area contributed by atoms with Crippen LogP contribution in [0.1, 0.15) is 40.5 Å². The van der Waals surface area contributed by atoms with Gasteiger partial charge in [-0.25, -0.2) is 5.43 Å². The molecule has 1 atom stereocenters. The molecule has 0 bridgehead atoms. The van der Waals surface area contributed by atoms with Gasteiger partial charge in [0.1, 0.15) is 6.29 Å². The number of rotatable bonds is 3. The van der Waals surface area contributed by atoms with Crippen molar-refractivity contribution in [3.8, 4) is 0 Å². The Labute approximate surface area is 91.0 Å². The number of hydrogen-bond donors (Lipinski definition) is 1. The molecule has 1 amide bonds. The number of aldehydes is 1. The van der Waals surface area contributed by atoms with Crippen LogP contribution in [0.25, 0.3) is 0 Å². The first-order valence-corrected chi connectivity index (χ1v) is 5.32. The first-order valence-electron chi connectivity index (χ1n) is 5.32. The summed E-state index contributed by atoms with van der Waals surface area (Å²) in [6, 6.07) is 0. The summed E-state index contributed by atoms with van der Waals surface area (Å²) >= 11 is 0. The van der Waals surface area contributed by atoms with Crippen LogP contribution in [0.2, 0.25) is 0 Å². The predicted molar refractivity (Wildman–Crippen MR) is 58.0 cm³/mol. The molecule has 0 saturated carbocycles. The van der Waals surface area contributed by atoms with E-state index >= 15 is 0 Å². The zero-order chi connectivity index (χ0) is 11.7. The fourth-order valence-corrected chi connectivity index (χ4v) is 1.59. The highest BCUT2D eigenvalue weighted by atomic mass is 16.2. The average molecular weight is 212 g/mol. The van der Waals surface area contributed by atoms with E-state index in [1.807, 2.05) is 6.92 Å². The first-order chi connectivity index (χ1) is 6.80. The van der Waals surface area contributed by atoms with E-state index in [9.17, 15) is 9.59 Å². The lowest BCUT2D eigenvalue weighted by molar-refractivity contribution is -0.129. The van der Waals surface area contributed by atoms with Crippen LogP contribution >= 0.6 is 0 Å². The lowest BCUT2D eigenvalue weighted by atomic mass is 9.74. The molecular formula is C11H20N2O2. The summed E-state index contributed by atoms with van der Waals surface area (Å²) in [6.45, 7) is 8.84. The number of hydrazine groups is 1. The van der Waals surface area contributed by atoms with Gasteiger partial charge in [-0.1, -0.05) is 20.8 Å². The molecule has 0 spiro atoms. The lowest BCUT2D eigenvalue weighted by Crippen LogP contribution is -2.52. The maximum Gasteiger partial charge on any atom is 0.238 e. The number of hydrogen-bond acceptors (Lipinski definition) is 3. The van der Waals surface area contributed by atoms with E-state index in [1.165, 1.54) is 0 Å². The van der Waals surface area contributed by atoms with E-state index < -0.39 is 0 Å². The Bertz CT molecular complexity index is 270. The molecule has 1 rings (SSSR count). The van der Waals surface area contributed by atoms with Gasteiger partial charge < -0.3 is 4.79 Å². The minimum atomic E-state index is -0.215. The third-order valence-electron chi connectivity index (χ3n) is 3.31. The monoisotopic (exact) mass is 212 g/mol. The van der Waals surface area contributed by atoms with E-state index in [4.69, 9.17) is 0 Å². The Hall–Kier alpha value is -0.900. The van der Waals surface area contributed by atoms with Crippen molar-refractivity contribution >= 4 is 12.2 Å². The normalized spacial score (nSPS) is 27.2. The van der Waals surface area contributed by atoms with Gasteiger partial charge in [-0.05, 0) is 12.3 Å². The molecular weight excluding hydrogens is 192 g/mol. The van der Waals surface area contributed by atoms with Crippen LogP contribution in [0.4, 0.5) is 0 Å². The maximum atomic E-state index is 11.7. The lowest BCUT2D eigenvalue weighted by Gasteiger charge is -2.38. The molecule has 1 unspecified atom stereocenters. The summed E-state index contributed by atoms with van der Waals surface area (Å²) < 4.78 is 0. The van der Waals surface area contributed by atoms with Crippen molar-refractivity contribution in [1.82, 2.24) is 10.4 Å². The number of amides is 1. The largest absolute Gasteiger partial charge is 0.303 e. The number of nitrogens with one attached hydrogen (secondary N) is 1. The summed E-state index contributed by atoms with van der Waals surface area (Å²) in [5.41, 5.74) is 3.01. The molecule has 0 radical (unpaired) electrons. The standard InChI is InChI=1S/C11H20N2O2/c1-10(2,3)11(4)8-9(15)13(12-11)6-5-7-14/h7,12H,5-6,8H2,1-4H3. The minimum absolute atomic E-state index is 0.0125. The SMILES string of the molecule is CC(C)(C)C1(C)CC(=O)N(CCC=O)N1. The van der Waals surface area contributed by atoms with Gasteiger partial charge in [0.25, 0.3) is 0 Å². The van der Waals surface area contributed by atoms with Gasteiger partial charge in [-0.2, -0.15) is 0 Å². The smallest absolute Gasteiger partial charge is 0.238 e. The van der Waals surface area contributed by atoms with Gasteiger partial charge in [0, 0.05) is 24.9 Å². The Kier molecular flexibility index (Phi) is 3.19. The predicted octanol–water partition coefficient (Wildman–Crippen LogP) is 1.12. The Morgan fingerprint density at radius 1 is 1.53 bits per heavy atom. The molecule has 0 aliphatic carbocycles. The summed E-state index contributed by atoms with van der Waals surface area (Å²) in [5.74, 6) is 0.0780. The molecule has 15 heavy (non-hydrogen) atoms. The molecule has 0 aromatic rings. The van der Waals surface area contributed by atoms with E-state index in [1.54, 1.807) is 5.01 Å². The van der Waals surface area contributed by atoms with Crippen molar-refractivity contribution in [2.75, 3.05) is 6.54 Å². The van der Waals surface area contributed by atoms with Gasteiger partial charge in [0.2, 0.25) is 5.91 Å². The second-order valence-corrected chi connectivity index (χ2v) is 5.37. The van der Waals surface area contributed by atoms with Gasteiger partial charge in [-0.15, -0.1) is 0 Å². The highest BCUT2D eigenvalue weighted by Gasteiger charge is 2.46. The third kappa shape index (κ3) is 2.37. The quantitative estimate of drug-likeness (QED) is 0.713. The van der Waals surface area contributed by atoms with Crippen LogP contribution < -0.4 is 5.43 Å². The van der Waals surface area contributed by atoms with Gasteiger partial charge in [0.15, 0.2) is 0 Å². The Balaban J connectivity index is 2.70. The van der Waals surface area contributed by atoms with Crippen molar-refractivity contribution in [3.63, 3.8) is 0 Å². The Morgan fingerprint density at radius 3 is 2.53 bits per heavy atom. The average Bonchev–Trinajstić information content (AvgIpc) is 2.38. The Morgan fingerprint density at radius 2 is 2.13 bits per heavy atom. The zero-order valence-electron chi connectivity index (χ0n) is 9.96. The second kappa shape index (κ2) is 3.93. The highest BCUT2D eigenvalue weighted by molar-refractivity contribution is 5.79. The third-order valence-corrected chi connectivity index (χ3v) is 3.31. The van der Waals surface area contributed by atoms with Gasteiger partial charge >= 0.3 is 0 Å². The number of carbonyl (C=O) groups excluding carboxylic acids is 2. The maximum absolute atomic E-state index is 11.7. The molecule has 86 valence electrons. The number of nitrogens with zero attached hydrogens (tertiary/aromatic N) is 1. The van der Waals surface area contributed by atoms with Gasteiger partial charge in [0.05, 0.1) is 0 Å². The first kappa shape index (κ1) is 12.2. The summed E-state index contributed by atoms with van der Waals surface area (Å²) in [6.07, 6.45) is 1.72. The van der Waals surface area contributed by atoms with Crippen LogP contribution in [0.5, 0.6) is 0 Å². The van der Waals surface area contributed by atoms with Crippen LogP contribution in [0.3, 0.4) is 0 Å². The number of carbonyl (C=O) groups is 2. The van der Waals surface area contributed by atoms with Gasteiger partial charge in [-0.3, -0.25) is 9.80 Å². The van der Waals surface area contributed by atoms with E-state index in [0.29, 0.717) is 19.4 Å². The fourth-order valence-electron chi connectivity index (χ4n) is 1.59. The molecule has 1 saturated heterocycles. The summed E-state index contributed by atoms with van der Waals surface area (Å²) in [5, 5.41) is 1.57. The van der Waals surface area contributed by atoms with Crippen molar-refractivity contribution in [1.29, 1.82) is 0 Å². The van der Waals surface area contributed by atoms with E-state index in [2.05, 4.69) is 26.2 Å².